The second-order valence-electron chi connectivity index (χ2n) is 14.9. The molecule has 5 rings (SSSR count). The molecule has 0 bridgehead atoms. The summed E-state index contributed by atoms with van der Waals surface area (Å²) in [5.74, 6) is -0.0776. The van der Waals surface area contributed by atoms with Crippen LogP contribution in [-0.4, -0.2) is 50.6 Å². The number of benzene rings is 4. The van der Waals surface area contributed by atoms with E-state index >= 15 is 0 Å². The summed E-state index contributed by atoms with van der Waals surface area (Å²) in [4.78, 5) is 0. The minimum absolute atomic E-state index is 0.0709. The monoisotopic (exact) mass is 686 g/mol. The third kappa shape index (κ3) is 7.28. The Bertz CT molecular complexity index is 1610. The summed E-state index contributed by atoms with van der Waals surface area (Å²) in [5.41, 5.74) is 0. The molecule has 0 amide bonds. The molecule has 1 aliphatic carbocycles. The Kier molecular flexibility index (Phi) is 10.5. The molecule has 3 atom stereocenters. The van der Waals surface area contributed by atoms with Gasteiger partial charge in [-0.05, 0) is 43.2 Å². The van der Waals surface area contributed by atoms with Gasteiger partial charge in [0.25, 0.3) is 26.8 Å². The lowest BCUT2D eigenvalue weighted by Gasteiger charge is -2.50. The first-order chi connectivity index (χ1) is 22.2. The summed E-state index contributed by atoms with van der Waals surface area (Å²) < 4.78 is 45.2. The molecule has 8 heteroatoms. The van der Waals surface area contributed by atoms with E-state index in [1.165, 1.54) is 20.7 Å². The molecule has 4 aromatic rings. The van der Waals surface area contributed by atoms with Gasteiger partial charge >= 0.3 is 0 Å². The lowest BCUT2D eigenvalue weighted by molar-refractivity contribution is -0.0541. The largest absolute Gasteiger partial charge is 0.407 e. The molecule has 0 heterocycles. The summed E-state index contributed by atoms with van der Waals surface area (Å²) in [7, 11) is -9.28. The van der Waals surface area contributed by atoms with Gasteiger partial charge in [0, 0.05) is 19.1 Å². The Hall–Kier alpha value is -2.86. The Morgan fingerprint density at radius 1 is 0.574 bits per heavy atom. The predicted octanol–water partition coefficient (Wildman–Crippen LogP) is 6.12. The van der Waals surface area contributed by atoms with Gasteiger partial charge in [0.15, 0.2) is 0 Å². The van der Waals surface area contributed by atoms with E-state index in [0.717, 1.165) is 6.26 Å². The van der Waals surface area contributed by atoms with Crippen LogP contribution in [0.1, 0.15) is 48.0 Å². The fourth-order valence-corrected chi connectivity index (χ4v) is 17.4. The fraction of sp³-hybridized carbons (Fsp3) is 0.385. The topological polar surface area (TPSA) is 61.8 Å². The molecule has 0 N–H and O–H groups in total. The first kappa shape index (κ1) is 35.5. The highest BCUT2D eigenvalue weighted by Gasteiger charge is 2.54. The summed E-state index contributed by atoms with van der Waals surface area (Å²) in [6, 6.07) is 42.4. The van der Waals surface area contributed by atoms with Crippen LogP contribution in [0.15, 0.2) is 121 Å². The van der Waals surface area contributed by atoms with Gasteiger partial charge in [-0.1, -0.05) is 163 Å². The number of rotatable bonds is 12. The van der Waals surface area contributed by atoms with Gasteiger partial charge in [-0.25, -0.2) is 0 Å². The molecule has 1 saturated carbocycles. The van der Waals surface area contributed by atoms with Crippen molar-refractivity contribution in [1.82, 2.24) is 0 Å². The number of hydrogen-bond acceptors (Lipinski definition) is 5. The van der Waals surface area contributed by atoms with E-state index in [9.17, 15) is 8.42 Å². The van der Waals surface area contributed by atoms with Crippen molar-refractivity contribution in [3.05, 3.63) is 121 Å². The smallest absolute Gasteiger partial charge is 0.264 e. The molecule has 0 aliphatic heterocycles. The molecule has 4 aromatic carbocycles. The maximum atomic E-state index is 12.4. The van der Waals surface area contributed by atoms with Crippen LogP contribution in [0.25, 0.3) is 0 Å². The van der Waals surface area contributed by atoms with Crippen LogP contribution in [0.3, 0.4) is 0 Å². The van der Waals surface area contributed by atoms with Gasteiger partial charge in [-0.2, -0.15) is 8.42 Å². The molecule has 0 spiro atoms. The average molecular weight is 687 g/mol. The van der Waals surface area contributed by atoms with Crippen LogP contribution in [0.2, 0.25) is 10.1 Å². The van der Waals surface area contributed by atoms with E-state index in [1.54, 1.807) is 0 Å². The Morgan fingerprint density at radius 2 is 0.894 bits per heavy atom. The average Bonchev–Trinajstić information content (AvgIpc) is 3.02. The Balaban J connectivity index is 1.52. The highest BCUT2D eigenvalue weighted by atomic mass is 32.2. The van der Waals surface area contributed by atoms with E-state index in [4.69, 9.17) is 13.0 Å². The highest BCUT2D eigenvalue weighted by molar-refractivity contribution is 7.86. The lowest BCUT2D eigenvalue weighted by atomic mass is 9.72. The van der Waals surface area contributed by atoms with Gasteiger partial charge in [-0.15, -0.1) is 0 Å². The Labute approximate surface area is 284 Å². The third-order valence-electron chi connectivity index (χ3n) is 9.76. The van der Waals surface area contributed by atoms with E-state index < -0.39 is 32.9 Å². The van der Waals surface area contributed by atoms with Crippen LogP contribution >= 0.6 is 0 Å². The Morgan fingerprint density at radius 3 is 1.19 bits per heavy atom. The zero-order valence-electron chi connectivity index (χ0n) is 28.8. The van der Waals surface area contributed by atoms with Crippen molar-refractivity contribution >= 4 is 47.5 Å². The van der Waals surface area contributed by atoms with Gasteiger partial charge in [0.05, 0.1) is 12.4 Å². The molecule has 47 heavy (non-hydrogen) atoms. The summed E-state index contributed by atoms with van der Waals surface area (Å²) in [6.07, 6.45) is 1.27. The minimum atomic E-state index is -3.66. The van der Waals surface area contributed by atoms with Crippen LogP contribution in [0.5, 0.6) is 0 Å². The quantitative estimate of drug-likeness (QED) is 0.133. The normalized spacial score (nSPS) is 19.3. The van der Waals surface area contributed by atoms with E-state index in [1.807, 2.05) is 24.3 Å². The zero-order chi connectivity index (χ0) is 33.9. The van der Waals surface area contributed by atoms with Crippen LogP contribution in [-0.2, 0) is 23.2 Å². The lowest BCUT2D eigenvalue weighted by Crippen LogP contribution is -2.68. The second kappa shape index (κ2) is 13.9. The van der Waals surface area contributed by atoms with E-state index in [-0.39, 0.29) is 21.9 Å². The first-order valence-electron chi connectivity index (χ1n) is 16.6. The molecule has 0 aromatic heterocycles. The highest BCUT2D eigenvalue weighted by Crippen LogP contribution is 2.44. The van der Waals surface area contributed by atoms with Crippen molar-refractivity contribution in [1.29, 1.82) is 0 Å². The first-order valence-corrected chi connectivity index (χ1v) is 22.2. The second-order valence-corrected chi connectivity index (χ2v) is 25.2. The molecule has 0 saturated heterocycles. The molecule has 0 unspecified atom stereocenters. The fourth-order valence-electron chi connectivity index (χ4n) is 7.50. The molecule has 1 aliphatic rings. The van der Waals surface area contributed by atoms with E-state index in [0.29, 0.717) is 19.6 Å². The van der Waals surface area contributed by atoms with Crippen molar-refractivity contribution in [3.63, 3.8) is 0 Å². The van der Waals surface area contributed by atoms with Gasteiger partial charge in [0.2, 0.25) is 0 Å². The molecule has 5 nitrogen and oxygen atoms in total. The van der Waals surface area contributed by atoms with Crippen molar-refractivity contribution in [2.45, 2.75) is 64.1 Å². The minimum Gasteiger partial charge on any atom is -0.407 e. The van der Waals surface area contributed by atoms with Gasteiger partial charge in [-0.3, -0.25) is 4.18 Å². The summed E-state index contributed by atoms with van der Waals surface area (Å²) >= 11 is 0. The molecular formula is C39H50O5SSi2. The predicted molar refractivity (Wildman–Crippen MR) is 198 cm³/mol. The third-order valence-corrected chi connectivity index (χ3v) is 20.4. The van der Waals surface area contributed by atoms with Gasteiger partial charge < -0.3 is 8.85 Å². The van der Waals surface area contributed by atoms with Crippen molar-refractivity contribution in [2.24, 2.45) is 11.8 Å². The maximum absolute atomic E-state index is 12.4. The summed E-state index contributed by atoms with van der Waals surface area (Å²) in [5, 5.41) is 4.47. The van der Waals surface area contributed by atoms with Crippen LogP contribution < -0.4 is 20.7 Å². The number of hydrogen-bond donors (Lipinski definition) is 0. The molecule has 1 fully saturated rings. The molecule has 250 valence electrons. The van der Waals surface area contributed by atoms with Crippen LogP contribution in [0.4, 0.5) is 0 Å². The van der Waals surface area contributed by atoms with Crippen molar-refractivity contribution in [3.8, 4) is 0 Å². The van der Waals surface area contributed by atoms with Crippen LogP contribution in [0, 0.1) is 11.8 Å². The van der Waals surface area contributed by atoms with Crippen molar-refractivity contribution < 1.29 is 21.5 Å². The zero-order valence-corrected chi connectivity index (χ0v) is 31.7. The molecular weight excluding hydrogens is 637 g/mol. The summed E-state index contributed by atoms with van der Waals surface area (Å²) in [6.45, 7) is 14.5. The maximum Gasteiger partial charge on any atom is 0.264 e. The van der Waals surface area contributed by atoms with Gasteiger partial charge in [0.1, 0.15) is 0 Å². The standard InChI is InChI=1S/C39H50O5SSi2/c1-38(2,3)46(32-20-12-8-13-21-32,33-22-14-9-15-23-33)42-29-31-28-37(44-45(7,40)41)36(31)30-43-47(39(4,5)6,34-24-16-10-17-25-34)35-26-18-11-19-27-35/h8-27,31,36-37H,28-30H2,1-7H3/t31-,36-,37+/m1/s1. The SMILES string of the molecule is CC(C)(C)[Si](OC[C@H]1C[C@H](OS(C)(=O)=O)[C@@H]1CO[Si](c1ccccc1)(c1ccccc1)C(C)(C)C)(c1ccccc1)c1ccccc1. The molecule has 0 radical (unpaired) electrons. The van der Waals surface area contributed by atoms with E-state index in [2.05, 4.69) is 139 Å². The van der Waals surface area contributed by atoms with Crippen molar-refractivity contribution in [2.75, 3.05) is 19.5 Å².